The van der Waals surface area contributed by atoms with E-state index in [4.69, 9.17) is 4.74 Å². The predicted octanol–water partition coefficient (Wildman–Crippen LogP) is 1.44. The number of hydrogen-bond acceptors (Lipinski definition) is 4. The lowest BCUT2D eigenvalue weighted by Gasteiger charge is -2.14. The van der Waals surface area contributed by atoms with Gasteiger partial charge in [-0.15, -0.1) is 6.58 Å². The number of esters is 1. The standard InChI is InChI=1S/C15H19NO4/c1-3-7-13(15(18)19-2)16-14(17)11-20-10-12-8-5-4-6-9-12/h3-6,8-9,13H,1,7,10-11H2,2H3,(H,16,17)/t13-/m1/s1. The van der Waals surface area contributed by atoms with Crippen LogP contribution in [-0.4, -0.2) is 31.6 Å². The molecule has 0 spiro atoms. The molecule has 0 fully saturated rings. The van der Waals surface area contributed by atoms with E-state index in [1.807, 2.05) is 30.3 Å². The highest BCUT2D eigenvalue weighted by Gasteiger charge is 2.19. The van der Waals surface area contributed by atoms with Gasteiger partial charge in [-0.05, 0) is 12.0 Å². The first-order valence-electron chi connectivity index (χ1n) is 6.27. The van der Waals surface area contributed by atoms with Crippen molar-refractivity contribution in [2.45, 2.75) is 19.1 Å². The lowest BCUT2D eigenvalue weighted by molar-refractivity contribution is -0.145. The van der Waals surface area contributed by atoms with E-state index in [0.29, 0.717) is 13.0 Å². The molecule has 0 aliphatic carbocycles. The highest BCUT2D eigenvalue weighted by Crippen LogP contribution is 2.00. The first-order valence-corrected chi connectivity index (χ1v) is 6.27. The van der Waals surface area contributed by atoms with E-state index in [1.54, 1.807) is 6.08 Å². The average Bonchev–Trinajstić information content (AvgIpc) is 2.47. The van der Waals surface area contributed by atoms with E-state index in [-0.39, 0.29) is 12.5 Å². The van der Waals surface area contributed by atoms with Gasteiger partial charge in [-0.25, -0.2) is 4.79 Å². The highest BCUT2D eigenvalue weighted by atomic mass is 16.5. The minimum absolute atomic E-state index is 0.112. The maximum Gasteiger partial charge on any atom is 0.328 e. The van der Waals surface area contributed by atoms with Crippen LogP contribution in [-0.2, 0) is 25.7 Å². The van der Waals surface area contributed by atoms with Gasteiger partial charge in [0.1, 0.15) is 12.6 Å². The molecule has 1 atom stereocenters. The summed E-state index contributed by atoms with van der Waals surface area (Å²) in [5.41, 5.74) is 0.982. The van der Waals surface area contributed by atoms with Gasteiger partial charge < -0.3 is 14.8 Å². The summed E-state index contributed by atoms with van der Waals surface area (Å²) in [5, 5.41) is 2.55. The van der Waals surface area contributed by atoms with Crippen molar-refractivity contribution >= 4 is 11.9 Å². The van der Waals surface area contributed by atoms with E-state index in [2.05, 4.69) is 16.6 Å². The zero-order chi connectivity index (χ0) is 14.8. The topological polar surface area (TPSA) is 64.6 Å². The fraction of sp³-hybridized carbons (Fsp3) is 0.333. The third-order valence-electron chi connectivity index (χ3n) is 2.57. The lowest BCUT2D eigenvalue weighted by Crippen LogP contribution is -2.42. The van der Waals surface area contributed by atoms with Gasteiger partial charge in [-0.2, -0.15) is 0 Å². The number of carbonyl (C=O) groups is 2. The van der Waals surface area contributed by atoms with Crippen LogP contribution >= 0.6 is 0 Å². The van der Waals surface area contributed by atoms with Crippen molar-refractivity contribution in [1.82, 2.24) is 5.32 Å². The smallest absolute Gasteiger partial charge is 0.328 e. The Balaban J connectivity index is 2.34. The lowest BCUT2D eigenvalue weighted by atomic mass is 10.2. The second kappa shape index (κ2) is 8.87. The van der Waals surface area contributed by atoms with Crippen LogP contribution in [0.5, 0.6) is 0 Å². The first kappa shape index (κ1) is 15.9. The van der Waals surface area contributed by atoms with Crippen LogP contribution in [0.3, 0.4) is 0 Å². The molecule has 5 nitrogen and oxygen atoms in total. The van der Waals surface area contributed by atoms with Crippen LogP contribution in [0.2, 0.25) is 0 Å². The molecule has 0 heterocycles. The molecule has 0 bridgehead atoms. The summed E-state index contributed by atoms with van der Waals surface area (Å²) in [7, 11) is 1.27. The molecule has 0 aromatic heterocycles. The Kier molecular flexibility index (Phi) is 7.06. The summed E-state index contributed by atoms with van der Waals surface area (Å²) in [6, 6.07) is 8.81. The summed E-state index contributed by atoms with van der Waals surface area (Å²) < 4.78 is 9.88. The van der Waals surface area contributed by atoms with Gasteiger partial charge in [0, 0.05) is 0 Å². The molecule has 20 heavy (non-hydrogen) atoms. The summed E-state index contributed by atoms with van der Waals surface area (Å²) >= 11 is 0. The van der Waals surface area contributed by atoms with Crippen molar-refractivity contribution in [3.8, 4) is 0 Å². The molecule has 1 N–H and O–H groups in total. The molecule has 0 radical (unpaired) electrons. The van der Waals surface area contributed by atoms with Crippen LogP contribution in [0, 0.1) is 0 Å². The minimum atomic E-state index is -0.717. The molecule has 1 rings (SSSR count). The second-order valence-electron chi connectivity index (χ2n) is 4.15. The van der Waals surface area contributed by atoms with E-state index in [9.17, 15) is 9.59 Å². The zero-order valence-electron chi connectivity index (χ0n) is 11.5. The summed E-state index contributed by atoms with van der Waals surface area (Å²) in [5.74, 6) is -0.862. The quantitative estimate of drug-likeness (QED) is 0.577. The third-order valence-corrected chi connectivity index (χ3v) is 2.57. The molecule has 0 aliphatic heterocycles. The number of benzene rings is 1. The molecule has 0 saturated carbocycles. The fourth-order valence-corrected chi connectivity index (χ4v) is 1.59. The first-order chi connectivity index (χ1) is 9.67. The summed E-state index contributed by atoms with van der Waals surface area (Å²) in [4.78, 5) is 23.1. The number of methoxy groups -OCH3 is 1. The number of hydrogen-bond donors (Lipinski definition) is 1. The van der Waals surface area contributed by atoms with Crippen LogP contribution < -0.4 is 5.32 Å². The minimum Gasteiger partial charge on any atom is -0.467 e. The van der Waals surface area contributed by atoms with Crippen LogP contribution in [0.4, 0.5) is 0 Å². The maximum atomic E-state index is 11.7. The molecule has 5 heteroatoms. The molecular formula is C15H19NO4. The van der Waals surface area contributed by atoms with E-state index in [0.717, 1.165) is 5.56 Å². The Labute approximate surface area is 118 Å². The molecule has 1 aromatic carbocycles. The number of carbonyl (C=O) groups excluding carboxylic acids is 2. The summed E-state index contributed by atoms with van der Waals surface area (Å²) in [6.45, 7) is 3.77. The van der Waals surface area contributed by atoms with Crippen molar-refractivity contribution in [3.05, 3.63) is 48.6 Å². The van der Waals surface area contributed by atoms with Crippen LogP contribution in [0.1, 0.15) is 12.0 Å². The Morgan fingerprint density at radius 3 is 2.65 bits per heavy atom. The van der Waals surface area contributed by atoms with Gasteiger partial charge in [-0.3, -0.25) is 4.79 Å². The molecular weight excluding hydrogens is 258 g/mol. The van der Waals surface area contributed by atoms with E-state index in [1.165, 1.54) is 7.11 Å². The molecule has 0 saturated heterocycles. The third kappa shape index (κ3) is 5.67. The highest BCUT2D eigenvalue weighted by molar-refractivity contribution is 5.85. The van der Waals surface area contributed by atoms with Crippen molar-refractivity contribution in [2.24, 2.45) is 0 Å². The van der Waals surface area contributed by atoms with Gasteiger partial charge in [0.2, 0.25) is 5.91 Å². The number of amides is 1. The van der Waals surface area contributed by atoms with Crippen LogP contribution in [0.15, 0.2) is 43.0 Å². The Bertz CT molecular complexity index is 444. The van der Waals surface area contributed by atoms with E-state index >= 15 is 0 Å². The maximum absolute atomic E-state index is 11.7. The Morgan fingerprint density at radius 2 is 2.05 bits per heavy atom. The van der Waals surface area contributed by atoms with Crippen molar-refractivity contribution < 1.29 is 19.1 Å². The number of rotatable bonds is 8. The normalized spacial score (nSPS) is 11.4. The predicted molar refractivity (Wildman–Crippen MR) is 74.9 cm³/mol. The molecule has 108 valence electrons. The van der Waals surface area contributed by atoms with Crippen molar-refractivity contribution in [2.75, 3.05) is 13.7 Å². The van der Waals surface area contributed by atoms with Gasteiger partial charge in [-0.1, -0.05) is 36.4 Å². The average molecular weight is 277 g/mol. The fourth-order valence-electron chi connectivity index (χ4n) is 1.59. The van der Waals surface area contributed by atoms with Gasteiger partial charge in [0.05, 0.1) is 13.7 Å². The second-order valence-corrected chi connectivity index (χ2v) is 4.15. The summed E-state index contributed by atoms with van der Waals surface area (Å²) in [6.07, 6.45) is 1.86. The molecule has 1 aromatic rings. The SMILES string of the molecule is C=CC[C@@H](NC(=O)COCc1ccccc1)C(=O)OC. The zero-order valence-corrected chi connectivity index (χ0v) is 11.5. The largest absolute Gasteiger partial charge is 0.467 e. The van der Waals surface area contributed by atoms with Crippen molar-refractivity contribution in [3.63, 3.8) is 0 Å². The van der Waals surface area contributed by atoms with Gasteiger partial charge >= 0.3 is 5.97 Å². The molecule has 0 unspecified atom stereocenters. The van der Waals surface area contributed by atoms with Gasteiger partial charge in [0.25, 0.3) is 0 Å². The number of nitrogens with one attached hydrogen (secondary N) is 1. The number of ether oxygens (including phenoxy) is 2. The van der Waals surface area contributed by atoms with Gasteiger partial charge in [0.15, 0.2) is 0 Å². The van der Waals surface area contributed by atoms with Crippen molar-refractivity contribution in [1.29, 1.82) is 0 Å². The molecule has 1 amide bonds. The Morgan fingerprint density at radius 1 is 1.35 bits per heavy atom. The van der Waals surface area contributed by atoms with Crippen LogP contribution in [0.25, 0.3) is 0 Å². The van der Waals surface area contributed by atoms with E-state index < -0.39 is 12.0 Å². The Hall–Kier alpha value is -2.14. The molecule has 0 aliphatic rings. The monoisotopic (exact) mass is 277 g/mol.